The van der Waals surface area contributed by atoms with Crippen molar-refractivity contribution in [3.05, 3.63) is 17.0 Å². The number of hydrogen-bond donors (Lipinski definition) is 1. The zero-order chi connectivity index (χ0) is 11.5. The molecule has 0 aliphatic rings. The number of anilines is 1. The lowest BCUT2D eigenvalue weighted by atomic mass is 9.92. The van der Waals surface area contributed by atoms with Crippen LogP contribution in [0.15, 0.2) is 6.07 Å². The monoisotopic (exact) mass is 227 g/mol. The number of halogens is 1. The molecule has 1 N–H and O–H groups in total. The highest BCUT2D eigenvalue weighted by Crippen LogP contribution is 2.18. The highest BCUT2D eigenvalue weighted by atomic mass is 35.5. The van der Waals surface area contributed by atoms with Crippen LogP contribution < -0.4 is 5.32 Å². The van der Waals surface area contributed by atoms with Crippen LogP contribution in [0.2, 0.25) is 5.15 Å². The molecule has 1 aromatic rings. The van der Waals surface area contributed by atoms with Gasteiger partial charge in [0.1, 0.15) is 16.8 Å². The predicted octanol–water partition coefficient (Wildman–Crippen LogP) is 3.29. The highest BCUT2D eigenvalue weighted by molar-refractivity contribution is 6.29. The second-order valence-corrected chi connectivity index (χ2v) is 5.25. The van der Waals surface area contributed by atoms with Gasteiger partial charge in [0.15, 0.2) is 0 Å². The van der Waals surface area contributed by atoms with Crippen LogP contribution in [0.1, 0.15) is 33.0 Å². The van der Waals surface area contributed by atoms with Gasteiger partial charge in [0, 0.05) is 12.6 Å². The van der Waals surface area contributed by atoms with E-state index in [1.165, 1.54) is 0 Å². The predicted molar refractivity (Wildman–Crippen MR) is 64.3 cm³/mol. The molecule has 0 fully saturated rings. The molecule has 0 unspecified atom stereocenters. The molecule has 0 radical (unpaired) electrons. The van der Waals surface area contributed by atoms with Gasteiger partial charge in [-0.3, -0.25) is 0 Å². The Bertz CT molecular complexity index is 311. The Labute approximate surface area is 96.3 Å². The van der Waals surface area contributed by atoms with E-state index in [9.17, 15) is 0 Å². The second-order valence-electron chi connectivity index (χ2n) is 4.86. The van der Waals surface area contributed by atoms with Gasteiger partial charge in [-0.2, -0.15) is 0 Å². The van der Waals surface area contributed by atoms with E-state index < -0.39 is 0 Å². The van der Waals surface area contributed by atoms with E-state index in [1.807, 2.05) is 6.92 Å². The maximum atomic E-state index is 5.83. The fraction of sp³-hybridized carbons (Fsp3) is 0.636. The van der Waals surface area contributed by atoms with Crippen LogP contribution in [0.4, 0.5) is 5.82 Å². The average Bonchev–Trinajstić information content (AvgIpc) is 1.99. The molecule has 0 bridgehead atoms. The summed E-state index contributed by atoms with van der Waals surface area (Å²) < 4.78 is 0. The third-order valence-electron chi connectivity index (χ3n) is 1.99. The standard InChI is InChI=1S/C11H18ClN3/c1-8-14-9(12)7-10(15-8)13-6-5-11(2,3)4/h7H,5-6H2,1-4H3,(H,13,14,15). The van der Waals surface area contributed by atoms with Crippen LogP contribution in [-0.4, -0.2) is 16.5 Å². The van der Waals surface area contributed by atoms with E-state index >= 15 is 0 Å². The minimum absolute atomic E-state index is 0.332. The number of nitrogens with one attached hydrogen (secondary N) is 1. The number of nitrogens with zero attached hydrogens (tertiary/aromatic N) is 2. The summed E-state index contributed by atoms with van der Waals surface area (Å²) in [6.07, 6.45) is 1.09. The Morgan fingerprint density at radius 1 is 1.33 bits per heavy atom. The van der Waals surface area contributed by atoms with Crippen LogP contribution >= 0.6 is 11.6 Å². The largest absolute Gasteiger partial charge is 0.370 e. The van der Waals surface area contributed by atoms with Crippen molar-refractivity contribution in [3.63, 3.8) is 0 Å². The van der Waals surface area contributed by atoms with Gasteiger partial charge >= 0.3 is 0 Å². The normalized spacial score (nSPS) is 11.5. The van der Waals surface area contributed by atoms with Crippen LogP contribution in [0.3, 0.4) is 0 Å². The zero-order valence-corrected chi connectivity index (χ0v) is 10.5. The van der Waals surface area contributed by atoms with Crippen molar-refractivity contribution in [3.8, 4) is 0 Å². The number of aromatic nitrogens is 2. The van der Waals surface area contributed by atoms with Crippen molar-refractivity contribution >= 4 is 17.4 Å². The molecule has 15 heavy (non-hydrogen) atoms. The van der Waals surface area contributed by atoms with Gasteiger partial charge in [0.2, 0.25) is 0 Å². The molecule has 3 nitrogen and oxygen atoms in total. The van der Waals surface area contributed by atoms with Crippen molar-refractivity contribution in [1.29, 1.82) is 0 Å². The Morgan fingerprint density at radius 3 is 2.53 bits per heavy atom. The smallest absolute Gasteiger partial charge is 0.134 e. The minimum atomic E-state index is 0.332. The highest BCUT2D eigenvalue weighted by Gasteiger charge is 2.09. The maximum Gasteiger partial charge on any atom is 0.134 e. The SMILES string of the molecule is Cc1nc(Cl)cc(NCCC(C)(C)C)n1. The Hall–Kier alpha value is -0.830. The first-order chi connectivity index (χ1) is 6.87. The van der Waals surface area contributed by atoms with Gasteiger partial charge in [-0.25, -0.2) is 9.97 Å². The van der Waals surface area contributed by atoms with E-state index in [0.29, 0.717) is 16.4 Å². The molecule has 0 atom stereocenters. The second kappa shape index (κ2) is 4.79. The first-order valence-electron chi connectivity index (χ1n) is 5.12. The lowest BCUT2D eigenvalue weighted by Gasteiger charge is -2.18. The number of hydrogen-bond acceptors (Lipinski definition) is 3. The van der Waals surface area contributed by atoms with Crippen LogP contribution in [-0.2, 0) is 0 Å². The summed E-state index contributed by atoms with van der Waals surface area (Å²) in [7, 11) is 0. The molecule has 0 saturated heterocycles. The Balaban J connectivity index is 2.51. The average molecular weight is 228 g/mol. The van der Waals surface area contributed by atoms with E-state index in [-0.39, 0.29) is 0 Å². The molecule has 0 aliphatic carbocycles. The molecule has 0 saturated carbocycles. The number of rotatable bonds is 3. The number of aryl methyl sites for hydroxylation is 1. The quantitative estimate of drug-likeness (QED) is 0.806. The first-order valence-corrected chi connectivity index (χ1v) is 5.50. The van der Waals surface area contributed by atoms with E-state index in [2.05, 4.69) is 36.1 Å². The summed E-state index contributed by atoms with van der Waals surface area (Å²) in [4.78, 5) is 8.25. The van der Waals surface area contributed by atoms with Gasteiger partial charge in [-0.05, 0) is 18.8 Å². The van der Waals surface area contributed by atoms with Gasteiger partial charge in [0.05, 0.1) is 0 Å². The van der Waals surface area contributed by atoms with Crippen LogP contribution in [0.25, 0.3) is 0 Å². The minimum Gasteiger partial charge on any atom is -0.370 e. The molecule has 84 valence electrons. The topological polar surface area (TPSA) is 37.8 Å². The van der Waals surface area contributed by atoms with Crippen molar-refractivity contribution in [1.82, 2.24) is 9.97 Å². The van der Waals surface area contributed by atoms with Gasteiger partial charge < -0.3 is 5.32 Å². The fourth-order valence-corrected chi connectivity index (χ4v) is 1.41. The third-order valence-corrected chi connectivity index (χ3v) is 2.18. The fourth-order valence-electron chi connectivity index (χ4n) is 1.19. The van der Waals surface area contributed by atoms with Gasteiger partial charge in [-0.15, -0.1) is 0 Å². The summed E-state index contributed by atoms with van der Waals surface area (Å²) in [6, 6.07) is 1.75. The van der Waals surface area contributed by atoms with Crippen molar-refractivity contribution in [2.45, 2.75) is 34.1 Å². The summed E-state index contributed by atoms with van der Waals surface area (Å²) in [5.74, 6) is 1.50. The molecule has 1 rings (SSSR count). The van der Waals surface area contributed by atoms with Crippen LogP contribution in [0.5, 0.6) is 0 Å². The van der Waals surface area contributed by atoms with E-state index in [1.54, 1.807) is 6.07 Å². The van der Waals surface area contributed by atoms with E-state index in [0.717, 1.165) is 18.8 Å². The molecule has 0 spiro atoms. The molecular weight excluding hydrogens is 210 g/mol. The lowest BCUT2D eigenvalue weighted by Crippen LogP contribution is -2.13. The summed E-state index contributed by atoms with van der Waals surface area (Å²) in [5.41, 5.74) is 0.332. The summed E-state index contributed by atoms with van der Waals surface area (Å²) in [5, 5.41) is 3.73. The Kier molecular flexibility index (Phi) is 3.91. The van der Waals surface area contributed by atoms with Gasteiger partial charge in [-0.1, -0.05) is 32.4 Å². The molecule has 4 heteroatoms. The van der Waals surface area contributed by atoms with E-state index in [4.69, 9.17) is 11.6 Å². The molecule has 0 aromatic carbocycles. The molecule has 1 aromatic heterocycles. The first kappa shape index (κ1) is 12.2. The third kappa shape index (κ3) is 4.98. The lowest BCUT2D eigenvalue weighted by molar-refractivity contribution is 0.389. The molecular formula is C11H18ClN3. The van der Waals surface area contributed by atoms with Crippen molar-refractivity contribution < 1.29 is 0 Å². The van der Waals surface area contributed by atoms with Crippen LogP contribution in [0, 0.1) is 12.3 Å². The summed E-state index contributed by atoms with van der Waals surface area (Å²) in [6.45, 7) is 9.38. The molecule has 1 heterocycles. The van der Waals surface area contributed by atoms with Crippen molar-refractivity contribution in [2.75, 3.05) is 11.9 Å². The van der Waals surface area contributed by atoms with Gasteiger partial charge in [0.25, 0.3) is 0 Å². The van der Waals surface area contributed by atoms with Crippen molar-refractivity contribution in [2.24, 2.45) is 5.41 Å². The molecule has 0 aliphatic heterocycles. The summed E-state index contributed by atoms with van der Waals surface area (Å²) >= 11 is 5.83. The molecule has 0 amide bonds. The maximum absolute atomic E-state index is 5.83. The zero-order valence-electron chi connectivity index (χ0n) is 9.76. The Morgan fingerprint density at radius 2 is 2.00 bits per heavy atom.